The first-order valence-electron chi connectivity index (χ1n) is 8.04. The normalized spacial score (nSPS) is 17.2. The van der Waals surface area contributed by atoms with E-state index >= 15 is 0 Å². The van der Waals surface area contributed by atoms with E-state index in [-0.39, 0.29) is 11.3 Å². The number of hydrogen-bond donors (Lipinski definition) is 0. The van der Waals surface area contributed by atoms with E-state index in [0.717, 1.165) is 11.3 Å². The van der Waals surface area contributed by atoms with Crippen molar-refractivity contribution in [2.75, 3.05) is 4.90 Å². The number of nitrogens with zero attached hydrogens (tertiary/aromatic N) is 4. The number of aromatic nitrogens is 2. The second-order valence-corrected chi connectivity index (χ2v) is 6.03. The highest BCUT2D eigenvalue weighted by atomic mass is 19.4. The Morgan fingerprint density at radius 3 is 2.54 bits per heavy atom. The lowest BCUT2D eigenvalue weighted by Crippen LogP contribution is -2.27. The average molecular weight is 356 g/mol. The molecule has 0 amide bonds. The van der Waals surface area contributed by atoms with Crippen molar-refractivity contribution in [3.63, 3.8) is 0 Å². The van der Waals surface area contributed by atoms with Crippen LogP contribution in [0, 0.1) is 6.92 Å². The summed E-state index contributed by atoms with van der Waals surface area (Å²) in [6, 6.07) is 12.5. The van der Waals surface area contributed by atoms with Gasteiger partial charge < -0.3 is 4.90 Å². The number of aryl methyl sites for hydroxylation is 1. The quantitative estimate of drug-likeness (QED) is 0.663. The summed E-state index contributed by atoms with van der Waals surface area (Å²) >= 11 is 0. The number of pyridine rings is 1. The number of alkyl halides is 3. The lowest BCUT2D eigenvalue weighted by Gasteiger charge is -2.30. The molecular formula is C19H15F3N4. The van der Waals surface area contributed by atoms with E-state index in [9.17, 15) is 13.2 Å². The number of imidazole rings is 1. The summed E-state index contributed by atoms with van der Waals surface area (Å²) in [5.74, 6) is 0. The Kier molecular flexibility index (Phi) is 3.79. The number of allylic oxidation sites excluding steroid dienone is 1. The van der Waals surface area contributed by atoms with Crippen LogP contribution in [-0.4, -0.2) is 15.6 Å². The summed E-state index contributed by atoms with van der Waals surface area (Å²) in [6.07, 6.45) is 1.08. The SMILES string of the molecule is Cc1ccc(N2C=CC=NC2c2c(C(F)(F)F)nc3ccccn23)cc1. The minimum absolute atomic E-state index is 0.00530. The molecule has 1 aromatic carbocycles. The summed E-state index contributed by atoms with van der Waals surface area (Å²) < 4.78 is 42.4. The lowest BCUT2D eigenvalue weighted by atomic mass is 10.1. The summed E-state index contributed by atoms with van der Waals surface area (Å²) in [5.41, 5.74) is 1.14. The van der Waals surface area contributed by atoms with E-state index in [1.807, 2.05) is 31.2 Å². The first-order valence-corrected chi connectivity index (χ1v) is 8.04. The molecule has 0 saturated heterocycles. The van der Waals surface area contributed by atoms with Crippen molar-refractivity contribution in [1.82, 2.24) is 9.38 Å². The molecular weight excluding hydrogens is 341 g/mol. The fourth-order valence-electron chi connectivity index (χ4n) is 3.03. The number of rotatable bonds is 2. The summed E-state index contributed by atoms with van der Waals surface area (Å²) in [4.78, 5) is 9.86. The predicted molar refractivity (Wildman–Crippen MR) is 94.2 cm³/mol. The molecule has 7 heteroatoms. The number of aliphatic imine (C=N–C) groups is 1. The van der Waals surface area contributed by atoms with Gasteiger partial charge in [-0.25, -0.2) is 4.98 Å². The van der Waals surface area contributed by atoms with E-state index in [1.54, 1.807) is 41.6 Å². The third-order valence-corrected chi connectivity index (χ3v) is 4.24. The van der Waals surface area contributed by atoms with E-state index in [0.29, 0.717) is 0 Å². The maximum Gasteiger partial charge on any atom is 0.435 e. The molecule has 132 valence electrons. The molecule has 0 radical (unpaired) electrons. The first kappa shape index (κ1) is 16.4. The molecule has 26 heavy (non-hydrogen) atoms. The monoisotopic (exact) mass is 356 g/mol. The molecule has 3 aromatic rings. The molecule has 1 aliphatic rings. The van der Waals surface area contributed by atoms with Gasteiger partial charge in [-0.1, -0.05) is 23.8 Å². The van der Waals surface area contributed by atoms with Crippen LogP contribution in [0.1, 0.15) is 23.1 Å². The van der Waals surface area contributed by atoms with Gasteiger partial charge in [0.1, 0.15) is 11.3 Å². The second kappa shape index (κ2) is 6.01. The van der Waals surface area contributed by atoms with Crippen molar-refractivity contribution in [3.05, 3.63) is 77.9 Å². The van der Waals surface area contributed by atoms with Crippen LogP contribution >= 0.6 is 0 Å². The van der Waals surface area contributed by atoms with Crippen LogP contribution < -0.4 is 4.90 Å². The zero-order chi connectivity index (χ0) is 18.3. The highest BCUT2D eigenvalue weighted by Crippen LogP contribution is 2.39. The fraction of sp³-hybridized carbons (Fsp3) is 0.158. The van der Waals surface area contributed by atoms with Gasteiger partial charge in [0.25, 0.3) is 0 Å². The van der Waals surface area contributed by atoms with Gasteiger partial charge >= 0.3 is 6.18 Å². The number of fused-ring (bicyclic) bond motifs is 1. The van der Waals surface area contributed by atoms with E-state index in [4.69, 9.17) is 0 Å². The maximum absolute atomic E-state index is 13.7. The third-order valence-electron chi connectivity index (χ3n) is 4.24. The van der Waals surface area contributed by atoms with Gasteiger partial charge in [-0.05, 0) is 37.3 Å². The van der Waals surface area contributed by atoms with Crippen LogP contribution in [0.15, 0.2) is 65.9 Å². The highest BCUT2D eigenvalue weighted by molar-refractivity contribution is 5.75. The molecule has 4 rings (SSSR count). The Morgan fingerprint density at radius 2 is 1.81 bits per heavy atom. The van der Waals surface area contributed by atoms with Crippen molar-refractivity contribution in [3.8, 4) is 0 Å². The molecule has 4 nitrogen and oxygen atoms in total. The van der Waals surface area contributed by atoms with Crippen molar-refractivity contribution in [2.24, 2.45) is 4.99 Å². The van der Waals surface area contributed by atoms with Gasteiger partial charge in [-0.2, -0.15) is 13.2 Å². The van der Waals surface area contributed by atoms with Crippen molar-refractivity contribution in [2.45, 2.75) is 19.3 Å². The third kappa shape index (κ3) is 2.75. The lowest BCUT2D eigenvalue weighted by molar-refractivity contribution is -0.141. The largest absolute Gasteiger partial charge is 0.435 e. The molecule has 0 spiro atoms. The van der Waals surface area contributed by atoms with Gasteiger partial charge in [0.2, 0.25) is 0 Å². The van der Waals surface area contributed by atoms with Crippen LogP contribution in [-0.2, 0) is 6.18 Å². The van der Waals surface area contributed by atoms with Gasteiger partial charge in [-0.15, -0.1) is 0 Å². The fourth-order valence-corrected chi connectivity index (χ4v) is 3.03. The Balaban J connectivity index is 1.91. The maximum atomic E-state index is 13.7. The van der Waals surface area contributed by atoms with Crippen molar-refractivity contribution < 1.29 is 13.2 Å². The van der Waals surface area contributed by atoms with Crippen molar-refractivity contribution >= 4 is 17.5 Å². The molecule has 2 aromatic heterocycles. The zero-order valence-electron chi connectivity index (χ0n) is 13.9. The molecule has 1 aliphatic heterocycles. The minimum Gasteiger partial charge on any atom is -0.320 e. The summed E-state index contributed by atoms with van der Waals surface area (Å²) in [5, 5.41) is 0. The van der Waals surface area contributed by atoms with Gasteiger partial charge in [0.15, 0.2) is 11.9 Å². The van der Waals surface area contributed by atoms with Gasteiger partial charge in [0, 0.05) is 24.3 Å². The molecule has 1 atom stereocenters. The number of anilines is 1. The van der Waals surface area contributed by atoms with Crippen molar-refractivity contribution in [1.29, 1.82) is 0 Å². The number of hydrogen-bond acceptors (Lipinski definition) is 3. The zero-order valence-corrected chi connectivity index (χ0v) is 13.9. The van der Waals surface area contributed by atoms with Crippen LogP contribution in [0.2, 0.25) is 0 Å². The molecule has 0 bridgehead atoms. The van der Waals surface area contributed by atoms with Gasteiger partial charge in [0.05, 0.1) is 0 Å². The highest BCUT2D eigenvalue weighted by Gasteiger charge is 2.41. The summed E-state index contributed by atoms with van der Waals surface area (Å²) in [7, 11) is 0. The molecule has 0 fully saturated rings. The first-order chi connectivity index (χ1) is 12.4. The number of benzene rings is 1. The molecule has 0 saturated carbocycles. The van der Waals surface area contributed by atoms with E-state index in [1.165, 1.54) is 10.6 Å². The van der Waals surface area contributed by atoms with E-state index in [2.05, 4.69) is 9.98 Å². The number of halogens is 3. The Morgan fingerprint density at radius 1 is 1.04 bits per heavy atom. The Hall–Kier alpha value is -3.09. The summed E-state index contributed by atoms with van der Waals surface area (Å²) in [6.45, 7) is 1.96. The molecule has 0 aliphatic carbocycles. The predicted octanol–water partition coefficient (Wildman–Crippen LogP) is 4.76. The molecule has 1 unspecified atom stereocenters. The molecule has 0 N–H and O–H groups in total. The van der Waals surface area contributed by atoms with Crippen LogP contribution in [0.4, 0.5) is 18.9 Å². The van der Waals surface area contributed by atoms with E-state index < -0.39 is 18.0 Å². The molecule has 3 heterocycles. The van der Waals surface area contributed by atoms with Gasteiger partial charge in [-0.3, -0.25) is 9.39 Å². The minimum atomic E-state index is -4.57. The smallest absolute Gasteiger partial charge is 0.320 e. The van der Waals surface area contributed by atoms with Crippen LogP contribution in [0.3, 0.4) is 0 Å². The van der Waals surface area contributed by atoms with Crippen LogP contribution in [0.25, 0.3) is 5.65 Å². The average Bonchev–Trinajstić information content (AvgIpc) is 3.02. The Labute approximate surface area is 147 Å². The Bertz CT molecular complexity index is 1000. The topological polar surface area (TPSA) is 32.9 Å². The standard InChI is InChI=1S/C19H15F3N4/c1-13-6-8-14(9-7-13)25-12-4-10-23-18(25)16-17(19(20,21)22)24-15-5-2-3-11-26(15)16/h2-12,18H,1H3. The second-order valence-electron chi connectivity index (χ2n) is 6.03. The van der Waals surface area contributed by atoms with Crippen LogP contribution in [0.5, 0.6) is 0 Å².